The number of alkyl halides is 2. The molecule has 0 atom stereocenters. The number of ether oxygens (including phenoxy) is 2. The molecule has 162 valence electrons. The molecule has 3 aliphatic rings. The van der Waals surface area contributed by atoms with Crippen LogP contribution < -0.4 is 14.8 Å². The summed E-state index contributed by atoms with van der Waals surface area (Å²) in [7, 11) is 0. The Morgan fingerprint density at radius 1 is 1.26 bits per heavy atom. The van der Waals surface area contributed by atoms with Gasteiger partial charge in [-0.15, -0.1) is 0 Å². The summed E-state index contributed by atoms with van der Waals surface area (Å²) in [5, 5.41) is 7.51. The van der Waals surface area contributed by atoms with Crippen molar-refractivity contribution in [1.29, 1.82) is 0 Å². The predicted molar refractivity (Wildman–Crippen MR) is 107 cm³/mol. The van der Waals surface area contributed by atoms with Gasteiger partial charge in [-0.3, -0.25) is 9.78 Å². The lowest BCUT2D eigenvalue weighted by molar-refractivity contribution is -0.166. The number of nitrogens with zero attached hydrogens (tertiary/aromatic N) is 3. The van der Waals surface area contributed by atoms with Crippen molar-refractivity contribution in [2.75, 3.05) is 6.61 Å². The second kappa shape index (κ2) is 7.18. The molecule has 3 aliphatic carbocycles. The van der Waals surface area contributed by atoms with Gasteiger partial charge in [0.2, 0.25) is 0 Å². The van der Waals surface area contributed by atoms with Gasteiger partial charge in [0.25, 0.3) is 5.91 Å². The van der Waals surface area contributed by atoms with E-state index in [0.29, 0.717) is 5.75 Å². The van der Waals surface area contributed by atoms with E-state index in [0.717, 1.165) is 42.6 Å². The molecule has 3 saturated carbocycles. The van der Waals surface area contributed by atoms with E-state index in [9.17, 15) is 13.6 Å². The number of benzene rings is 1. The van der Waals surface area contributed by atoms with Gasteiger partial charge in [0.15, 0.2) is 6.61 Å². The van der Waals surface area contributed by atoms with Gasteiger partial charge in [-0.25, -0.2) is 4.52 Å². The number of carbonyl (C=O) groups excluding carboxylic acids is 1. The molecule has 6 rings (SSSR count). The van der Waals surface area contributed by atoms with E-state index < -0.39 is 6.61 Å². The standard InChI is InChI=1S/C22H22F2N4O3/c1-14-7-18-17(25-5-6-28(18)27-14)9-21-11-22(12-21,13-21)26-19(29)10-30-15-3-2-4-16(8-15)31-20(23)24/h2-8,20H,9-13H2,1H3,(H,26,29). The molecule has 2 heterocycles. The first kappa shape index (κ1) is 19.7. The quantitative estimate of drug-likeness (QED) is 0.596. The smallest absolute Gasteiger partial charge is 0.387 e. The van der Waals surface area contributed by atoms with Gasteiger partial charge in [-0.05, 0) is 56.2 Å². The minimum absolute atomic E-state index is 0.00807. The molecule has 9 heteroatoms. The average Bonchev–Trinajstić information content (AvgIpc) is 3.04. The molecular formula is C22H22F2N4O3. The van der Waals surface area contributed by atoms with Crippen LogP contribution in [0.4, 0.5) is 8.78 Å². The van der Waals surface area contributed by atoms with E-state index in [1.807, 2.05) is 23.7 Å². The van der Waals surface area contributed by atoms with Crippen LogP contribution in [0.15, 0.2) is 42.7 Å². The number of nitrogens with one attached hydrogen (secondary N) is 1. The lowest BCUT2D eigenvalue weighted by Crippen LogP contribution is -2.75. The van der Waals surface area contributed by atoms with Crippen molar-refractivity contribution in [2.45, 2.75) is 44.8 Å². The summed E-state index contributed by atoms with van der Waals surface area (Å²) >= 11 is 0. The minimum Gasteiger partial charge on any atom is -0.484 e. The van der Waals surface area contributed by atoms with Crippen molar-refractivity contribution in [3.63, 3.8) is 0 Å². The van der Waals surface area contributed by atoms with Gasteiger partial charge in [0.1, 0.15) is 11.5 Å². The fraction of sp³-hybridized carbons (Fsp3) is 0.409. The third kappa shape index (κ3) is 3.80. The van der Waals surface area contributed by atoms with E-state index in [1.54, 1.807) is 12.3 Å². The van der Waals surface area contributed by atoms with E-state index in [1.165, 1.54) is 18.2 Å². The van der Waals surface area contributed by atoms with Crippen molar-refractivity contribution in [3.05, 3.63) is 54.1 Å². The van der Waals surface area contributed by atoms with Crippen LogP contribution in [0.25, 0.3) is 5.52 Å². The number of hydrogen-bond donors (Lipinski definition) is 1. The summed E-state index contributed by atoms with van der Waals surface area (Å²) in [4.78, 5) is 16.9. The van der Waals surface area contributed by atoms with Crippen molar-refractivity contribution < 1.29 is 23.0 Å². The first-order valence-corrected chi connectivity index (χ1v) is 10.1. The Labute approximate surface area is 177 Å². The van der Waals surface area contributed by atoms with Crippen LogP contribution in [-0.4, -0.2) is 39.3 Å². The molecule has 0 radical (unpaired) electrons. The minimum atomic E-state index is -2.91. The molecule has 3 aromatic rings. The Kier molecular flexibility index (Phi) is 4.56. The largest absolute Gasteiger partial charge is 0.484 e. The van der Waals surface area contributed by atoms with Gasteiger partial charge >= 0.3 is 6.61 Å². The predicted octanol–water partition coefficient (Wildman–Crippen LogP) is 3.30. The molecule has 2 aromatic heterocycles. The maximum atomic E-state index is 12.3. The van der Waals surface area contributed by atoms with Crippen LogP contribution in [0.1, 0.15) is 30.7 Å². The fourth-order valence-electron chi connectivity index (χ4n) is 5.13. The van der Waals surface area contributed by atoms with Gasteiger partial charge in [-0.1, -0.05) is 6.07 Å². The van der Waals surface area contributed by atoms with E-state index in [-0.39, 0.29) is 29.2 Å². The fourth-order valence-corrected chi connectivity index (χ4v) is 5.13. The number of hydrogen-bond acceptors (Lipinski definition) is 5. The van der Waals surface area contributed by atoms with Crippen LogP contribution >= 0.6 is 0 Å². The summed E-state index contributed by atoms with van der Waals surface area (Å²) < 4.78 is 36.3. The van der Waals surface area contributed by atoms with E-state index >= 15 is 0 Å². The van der Waals surface area contributed by atoms with Crippen molar-refractivity contribution in [1.82, 2.24) is 19.9 Å². The number of carbonyl (C=O) groups is 1. The van der Waals surface area contributed by atoms with Crippen molar-refractivity contribution in [2.24, 2.45) is 5.41 Å². The molecule has 0 unspecified atom stereocenters. The summed E-state index contributed by atoms with van der Waals surface area (Å²) in [6.07, 6.45) is 7.24. The first-order chi connectivity index (χ1) is 14.8. The number of halogens is 2. The highest BCUT2D eigenvalue weighted by atomic mass is 19.3. The zero-order valence-corrected chi connectivity index (χ0v) is 17.0. The Morgan fingerprint density at radius 2 is 2.03 bits per heavy atom. The van der Waals surface area contributed by atoms with Crippen LogP contribution in [0.2, 0.25) is 0 Å². The third-order valence-corrected chi connectivity index (χ3v) is 6.08. The molecule has 0 aliphatic heterocycles. The maximum Gasteiger partial charge on any atom is 0.387 e. The Bertz CT molecular complexity index is 1130. The monoisotopic (exact) mass is 428 g/mol. The third-order valence-electron chi connectivity index (χ3n) is 6.08. The molecular weight excluding hydrogens is 406 g/mol. The zero-order chi connectivity index (χ0) is 21.6. The molecule has 31 heavy (non-hydrogen) atoms. The number of aryl methyl sites for hydroxylation is 1. The molecule has 1 aromatic carbocycles. The van der Waals surface area contributed by atoms with Crippen molar-refractivity contribution >= 4 is 11.4 Å². The number of fused-ring (bicyclic) bond motifs is 1. The Hall–Kier alpha value is -3.23. The highest BCUT2D eigenvalue weighted by molar-refractivity contribution is 5.79. The highest BCUT2D eigenvalue weighted by Gasteiger charge is 2.68. The topological polar surface area (TPSA) is 77.8 Å². The average molecular weight is 428 g/mol. The summed E-state index contributed by atoms with van der Waals surface area (Å²) in [5.41, 5.74) is 3.05. The second-order valence-corrected chi connectivity index (χ2v) is 8.67. The van der Waals surface area contributed by atoms with Gasteiger partial charge in [0.05, 0.1) is 16.9 Å². The normalized spacial score (nSPS) is 23.9. The summed E-state index contributed by atoms with van der Waals surface area (Å²) in [6, 6.07) is 7.91. The Balaban J connectivity index is 1.13. The summed E-state index contributed by atoms with van der Waals surface area (Å²) in [5.74, 6) is 0.0732. The number of rotatable bonds is 8. The molecule has 2 bridgehead atoms. The SMILES string of the molecule is Cc1cc2c(CC34CC(NC(=O)COc5cccc(OC(F)F)c5)(C3)C4)nccn2n1. The Morgan fingerprint density at radius 3 is 2.81 bits per heavy atom. The first-order valence-electron chi connectivity index (χ1n) is 10.1. The molecule has 0 saturated heterocycles. The number of amides is 1. The van der Waals surface area contributed by atoms with Crippen LogP contribution in [-0.2, 0) is 11.2 Å². The van der Waals surface area contributed by atoms with Crippen molar-refractivity contribution in [3.8, 4) is 11.5 Å². The summed E-state index contributed by atoms with van der Waals surface area (Å²) in [6.45, 7) is -1.12. The molecule has 0 spiro atoms. The molecule has 1 amide bonds. The van der Waals surface area contributed by atoms with Gasteiger partial charge in [-0.2, -0.15) is 13.9 Å². The van der Waals surface area contributed by atoms with E-state index in [4.69, 9.17) is 4.74 Å². The second-order valence-electron chi connectivity index (χ2n) is 8.67. The van der Waals surface area contributed by atoms with E-state index in [2.05, 4.69) is 20.1 Å². The molecule has 1 N–H and O–H groups in total. The highest BCUT2D eigenvalue weighted by Crippen LogP contribution is 2.68. The van der Waals surface area contributed by atoms with Crippen LogP contribution in [0.3, 0.4) is 0 Å². The van der Waals surface area contributed by atoms with Crippen LogP contribution in [0.5, 0.6) is 11.5 Å². The van der Waals surface area contributed by atoms with Crippen LogP contribution in [0, 0.1) is 12.3 Å². The number of aromatic nitrogens is 3. The zero-order valence-electron chi connectivity index (χ0n) is 17.0. The molecule has 7 nitrogen and oxygen atoms in total. The van der Waals surface area contributed by atoms with Gasteiger partial charge in [0, 0.05) is 24.0 Å². The maximum absolute atomic E-state index is 12.3. The molecule has 3 fully saturated rings. The lowest BCUT2D eigenvalue weighted by atomic mass is 9.38. The van der Waals surface area contributed by atoms with Gasteiger partial charge < -0.3 is 14.8 Å². The lowest BCUT2D eigenvalue weighted by Gasteiger charge is -2.70.